The number of halogens is 6. The second kappa shape index (κ2) is 14.2. The van der Waals surface area contributed by atoms with E-state index >= 15 is 0 Å². The van der Waals surface area contributed by atoms with Crippen molar-refractivity contribution in [2.24, 2.45) is 0 Å². The summed E-state index contributed by atoms with van der Waals surface area (Å²) in [4.78, 5) is 31.5. The first-order chi connectivity index (χ1) is 19.5. The maximum absolute atomic E-state index is 14.5. The molecule has 4 N–H and O–H groups in total. The molecule has 0 unspecified atom stereocenters. The Bertz CT molecular complexity index is 1450. The van der Waals surface area contributed by atoms with Gasteiger partial charge in [-0.25, -0.2) is 9.37 Å². The van der Waals surface area contributed by atoms with E-state index in [9.17, 15) is 27.2 Å². The van der Waals surface area contributed by atoms with Crippen LogP contribution in [-0.2, 0) is 15.8 Å². The van der Waals surface area contributed by atoms with Crippen molar-refractivity contribution in [3.05, 3.63) is 81.5 Å². The number of anilines is 2. The van der Waals surface area contributed by atoms with Crippen molar-refractivity contribution in [1.82, 2.24) is 15.3 Å². The Balaban J connectivity index is 1.95. The summed E-state index contributed by atoms with van der Waals surface area (Å²) in [6, 6.07) is 5.83. The van der Waals surface area contributed by atoms with Gasteiger partial charge in [-0.3, -0.25) is 9.59 Å². The van der Waals surface area contributed by atoms with E-state index in [4.69, 9.17) is 23.2 Å². The van der Waals surface area contributed by atoms with Crippen LogP contribution >= 0.6 is 23.2 Å². The lowest BCUT2D eigenvalue weighted by molar-refractivity contribution is -0.138. The lowest BCUT2D eigenvalue weighted by atomic mass is 10.1. The first-order valence-corrected chi connectivity index (χ1v) is 13.2. The highest BCUT2D eigenvalue weighted by molar-refractivity contribution is 6.32. The van der Waals surface area contributed by atoms with Gasteiger partial charge in [0.15, 0.2) is 0 Å². The molecule has 41 heavy (non-hydrogen) atoms. The van der Waals surface area contributed by atoms with Crippen LogP contribution in [0.1, 0.15) is 49.2 Å². The average molecular weight is 612 g/mol. The Morgan fingerprint density at radius 3 is 2.59 bits per heavy atom. The number of hydrogen-bond donors (Lipinski definition) is 4. The van der Waals surface area contributed by atoms with Gasteiger partial charge in [0, 0.05) is 29.9 Å². The minimum Gasteiger partial charge on any atom is -0.388 e. The molecule has 0 aliphatic heterocycles. The molecule has 0 fully saturated rings. The molecule has 0 aliphatic rings. The van der Waals surface area contributed by atoms with Gasteiger partial charge in [-0.2, -0.15) is 13.2 Å². The van der Waals surface area contributed by atoms with Gasteiger partial charge in [-0.15, -0.1) is 0 Å². The van der Waals surface area contributed by atoms with Gasteiger partial charge in [-0.05, 0) is 49.2 Å². The number of aromatic amines is 1. The molecule has 3 rings (SSSR count). The van der Waals surface area contributed by atoms with Gasteiger partial charge < -0.3 is 20.9 Å². The van der Waals surface area contributed by atoms with E-state index in [1.54, 1.807) is 25.2 Å². The number of alkyl halides is 3. The van der Waals surface area contributed by atoms with Crippen LogP contribution in [0.25, 0.3) is 17.3 Å². The van der Waals surface area contributed by atoms with Crippen LogP contribution in [0.4, 0.5) is 28.9 Å². The van der Waals surface area contributed by atoms with E-state index < -0.39 is 40.1 Å². The number of amides is 2. The second-order valence-electron chi connectivity index (χ2n) is 8.77. The van der Waals surface area contributed by atoms with E-state index in [-0.39, 0.29) is 17.4 Å². The van der Waals surface area contributed by atoms with Crippen LogP contribution in [0.15, 0.2) is 48.6 Å². The Morgan fingerprint density at radius 1 is 1.17 bits per heavy atom. The average Bonchev–Trinajstić information content (AvgIpc) is 3.31. The summed E-state index contributed by atoms with van der Waals surface area (Å²) in [6.45, 7) is 2.00. The molecule has 1 heterocycles. The Labute approximate surface area is 244 Å². The molecule has 13 heteroatoms. The number of allylic oxidation sites excluding steroid dienone is 1. The molecule has 0 saturated heterocycles. The van der Waals surface area contributed by atoms with E-state index in [0.717, 1.165) is 36.7 Å². The molecule has 218 valence electrons. The molecular formula is C28H27Cl2F4N5O2. The molecular weight excluding hydrogens is 585 g/mol. The van der Waals surface area contributed by atoms with Gasteiger partial charge >= 0.3 is 6.18 Å². The summed E-state index contributed by atoms with van der Waals surface area (Å²) in [7, 11) is 1.72. The van der Waals surface area contributed by atoms with Crippen LogP contribution < -0.4 is 16.0 Å². The molecule has 2 aromatic carbocycles. The molecule has 0 saturated carbocycles. The van der Waals surface area contributed by atoms with E-state index in [1.807, 2.05) is 19.1 Å². The number of carbonyl (C=O) groups is 2. The fraction of sp³-hybridized carbons (Fsp3) is 0.250. The van der Waals surface area contributed by atoms with E-state index in [1.165, 1.54) is 0 Å². The topological polar surface area (TPSA) is 98.9 Å². The number of nitrogens with one attached hydrogen (secondary N) is 4. The van der Waals surface area contributed by atoms with Crippen LogP contribution in [0.2, 0.25) is 10.2 Å². The molecule has 0 bridgehead atoms. The molecule has 1 atom stereocenters. The quantitative estimate of drug-likeness (QED) is 0.0727. The highest BCUT2D eigenvalue weighted by atomic mass is 35.5. The summed E-state index contributed by atoms with van der Waals surface area (Å²) in [5, 5.41) is 7.87. The van der Waals surface area contributed by atoms with Crippen molar-refractivity contribution in [3.63, 3.8) is 0 Å². The summed E-state index contributed by atoms with van der Waals surface area (Å²) in [6.07, 6.45) is 2.87. The fourth-order valence-electron chi connectivity index (χ4n) is 3.91. The van der Waals surface area contributed by atoms with Crippen LogP contribution in [0, 0.1) is 5.82 Å². The zero-order valence-corrected chi connectivity index (χ0v) is 23.5. The number of hydrogen-bond acceptors (Lipinski definition) is 4. The molecule has 0 aliphatic carbocycles. The SMILES string of the molecule is CCC/C=C/C[C@H](NC(=O)/C=C/c1c(C(F)(F)F)ccc(Cl)c1F)c1nc(-c2ccc(NC)cc2NC=O)c(Cl)[nH]1. The molecule has 7 nitrogen and oxygen atoms in total. The number of nitrogens with zero attached hydrogens (tertiary/aromatic N) is 1. The summed E-state index contributed by atoms with van der Waals surface area (Å²) >= 11 is 12.1. The standard InChI is InChI=1S/C28H27Cl2F4N5O2/c1-3-4-5-6-7-21(37-23(41)13-10-17-19(28(32,33)34)11-12-20(29)24(17)31)27-38-25(26(30)39-27)18-9-8-16(35-2)14-22(18)36-15-40/h5-6,8-15,21,35H,3-4,7H2,1-2H3,(H,36,40)(H,37,41)(H,38,39)/b6-5+,13-10+/t21-/m0/s1. The third-order valence-corrected chi connectivity index (χ3v) is 6.50. The Morgan fingerprint density at radius 2 is 1.93 bits per heavy atom. The maximum Gasteiger partial charge on any atom is 0.417 e. The summed E-state index contributed by atoms with van der Waals surface area (Å²) < 4.78 is 54.7. The van der Waals surface area contributed by atoms with Crippen molar-refractivity contribution in [2.45, 2.75) is 38.4 Å². The number of carbonyl (C=O) groups excluding carboxylic acids is 2. The van der Waals surface area contributed by atoms with Gasteiger partial charge in [0.25, 0.3) is 0 Å². The minimum absolute atomic E-state index is 0.134. The smallest absolute Gasteiger partial charge is 0.388 e. The molecule has 2 amide bonds. The number of aromatic nitrogens is 2. The molecule has 0 spiro atoms. The van der Waals surface area contributed by atoms with Crippen molar-refractivity contribution in [2.75, 3.05) is 17.7 Å². The van der Waals surface area contributed by atoms with Crippen LogP contribution in [-0.4, -0.2) is 29.3 Å². The van der Waals surface area contributed by atoms with E-state index in [0.29, 0.717) is 29.4 Å². The van der Waals surface area contributed by atoms with Crippen LogP contribution in [0.5, 0.6) is 0 Å². The highest BCUT2D eigenvalue weighted by Crippen LogP contribution is 2.37. The van der Waals surface area contributed by atoms with Crippen molar-refractivity contribution < 1.29 is 27.2 Å². The number of benzene rings is 2. The van der Waals surface area contributed by atoms with Crippen molar-refractivity contribution >= 4 is 53.0 Å². The predicted octanol–water partition coefficient (Wildman–Crippen LogP) is 7.77. The third kappa shape index (κ3) is 8.11. The second-order valence-corrected chi connectivity index (χ2v) is 9.55. The summed E-state index contributed by atoms with van der Waals surface area (Å²) in [5.41, 5.74) is -0.157. The van der Waals surface area contributed by atoms with Crippen LogP contribution in [0.3, 0.4) is 0 Å². The monoisotopic (exact) mass is 611 g/mol. The zero-order chi connectivity index (χ0) is 30.2. The minimum atomic E-state index is -4.86. The Hall–Kier alpha value is -3.83. The van der Waals surface area contributed by atoms with E-state index in [2.05, 4.69) is 25.9 Å². The lowest BCUT2D eigenvalue weighted by Gasteiger charge is -2.14. The molecule has 0 radical (unpaired) electrons. The number of rotatable bonds is 12. The van der Waals surface area contributed by atoms with Crippen molar-refractivity contribution in [3.8, 4) is 11.3 Å². The summed E-state index contributed by atoms with van der Waals surface area (Å²) in [5.74, 6) is -1.84. The first kappa shape index (κ1) is 31.7. The van der Waals surface area contributed by atoms with Gasteiger partial charge in [0.2, 0.25) is 12.3 Å². The maximum atomic E-state index is 14.5. The largest absolute Gasteiger partial charge is 0.417 e. The highest BCUT2D eigenvalue weighted by Gasteiger charge is 2.34. The van der Waals surface area contributed by atoms with Gasteiger partial charge in [0.1, 0.15) is 22.5 Å². The Kier molecular flexibility index (Phi) is 11.0. The lowest BCUT2D eigenvalue weighted by Crippen LogP contribution is -2.27. The molecule has 3 aromatic rings. The fourth-order valence-corrected chi connectivity index (χ4v) is 4.32. The zero-order valence-electron chi connectivity index (χ0n) is 22.0. The molecule has 1 aromatic heterocycles. The van der Waals surface area contributed by atoms with Gasteiger partial charge in [-0.1, -0.05) is 48.7 Å². The predicted molar refractivity (Wildman–Crippen MR) is 153 cm³/mol. The number of imidazole rings is 1. The van der Waals surface area contributed by atoms with Gasteiger partial charge in [0.05, 0.1) is 22.3 Å². The third-order valence-electron chi connectivity index (χ3n) is 5.94. The number of H-pyrrole nitrogens is 1. The normalized spacial score (nSPS) is 12.6. The number of unbranched alkanes of at least 4 members (excludes halogenated alkanes) is 1. The first-order valence-electron chi connectivity index (χ1n) is 12.5. The van der Waals surface area contributed by atoms with Crippen molar-refractivity contribution in [1.29, 1.82) is 0 Å².